The summed E-state index contributed by atoms with van der Waals surface area (Å²) in [6.45, 7) is 0.230. The van der Waals surface area contributed by atoms with Crippen molar-refractivity contribution in [2.45, 2.75) is 0 Å². The Kier molecular flexibility index (Phi) is 3.52. The molecule has 1 fully saturated rings. The maximum atomic E-state index is 12.0. The van der Waals surface area contributed by atoms with Crippen LogP contribution in [-0.4, -0.2) is 26.6 Å². The number of aromatic amines is 1. The third-order valence-electron chi connectivity index (χ3n) is 3.63. The molecule has 0 saturated carbocycles. The number of aromatic nitrogens is 3. The Hall–Kier alpha value is -3.11. The summed E-state index contributed by atoms with van der Waals surface area (Å²) < 4.78 is 0. The van der Waals surface area contributed by atoms with Crippen LogP contribution in [0, 0.1) is 11.3 Å². The Morgan fingerprint density at radius 2 is 2.08 bits per heavy atom. The monoisotopic (exact) mass is 333 g/mol. The molecule has 0 atom stereocenters. The molecule has 116 valence electrons. The van der Waals surface area contributed by atoms with Gasteiger partial charge in [0.1, 0.15) is 16.7 Å². The first-order valence-corrected chi connectivity index (χ1v) is 8.06. The van der Waals surface area contributed by atoms with Gasteiger partial charge in [0.25, 0.3) is 0 Å². The number of thioether (sulfide) groups is 1. The molecule has 6 nitrogen and oxygen atoms in total. The van der Waals surface area contributed by atoms with E-state index in [4.69, 9.17) is 0 Å². The Labute approximate surface area is 141 Å². The van der Waals surface area contributed by atoms with Crippen LogP contribution in [0.3, 0.4) is 0 Å². The zero-order chi connectivity index (χ0) is 16.5. The summed E-state index contributed by atoms with van der Waals surface area (Å²) in [5.74, 6) is 0.421. The van der Waals surface area contributed by atoms with Crippen LogP contribution in [0.5, 0.6) is 0 Å². The van der Waals surface area contributed by atoms with Crippen molar-refractivity contribution in [3.63, 3.8) is 0 Å². The minimum atomic E-state index is -0.00385. The van der Waals surface area contributed by atoms with Crippen molar-refractivity contribution in [1.82, 2.24) is 15.0 Å². The normalized spacial score (nSPS) is 16.5. The fraction of sp³-hybridized carbons (Fsp3) is 0.0588. The minimum absolute atomic E-state index is 0.00385. The van der Waals surface area contributed by atoms with Crippen molar-refractivity contribution in [2.75, 3.05) is 11.4 Å². The summed E-state index contributed by atoms with van der Waals surface area (Å²) in [5.41, 5.74) is 2.50. The Morgan fingerprint density at radius 1 is 1.25 bits per heavy atom. The van der Waals surface area contributed by atoms with Gasteiger partial charge in [-0.3, -0.25) is 4.79 Å². The van der Waals surface area contributed by atoms with Crippen LogP contribution in [0.1, 0.15) is 5.82 Å². The third kappa shape index (κ3) is 2.43. The predicted molar refractivity (Wildman–Crippen MR) is 92.8 cm³/mol. The number of hydrogen-bond donors (Lipinski definition) is 1. The van der Waals surface area contributed by atoms with Gasteiger partial charge in [0.15, 0.2) is 11.5 Å². The number of nitriles is 1. The van der Waals surface area contributed by atoms with E-state index in [0.29, 0.717) is 22.1 Å². The number of imidazole rings is 1. The van der Waals surface area contributed by atoms with Crippen molar-refractivity contribution in [1.29, 1.82) is 5.26 Å². The number of nitrogens with zero attached hydrogens (tertiary/aromatic N) is 4. The van der Waals surface area contributed by atoms with Gasteiger partial charge in [0.2, 0.25) is 5.12 Å². The number of anilines is 1. The van der Waals surface area contributed by atoms with Crippen LogP contribution < -0.4 is 4.90 Å². The van der Waals surface area contributed by atoms with E-state index >= 15 is 0 Å². The van der Waals surface area contributed by atoms with Crippen molar-refractivity contribution in [3.05, 3.63) is 59.5 Å². The molecule has 24 heavy (non-hydrogen) atoms. The zero-order valence-electron chi connectivity index (χ0n) is 12.4. The van der Waals surface area contributed by atoms with Gasteiger partial charge in [-0.2, -0.15) is 5.26 Å². The van der Waals surface area contributed by atoms with Gasteiger partial charge >= 0.3 is 0 Å². The van der Waals surface area contributed by atoms with E-state index in [9.17, 15) is 10.1 Å². The Bertz CT molecular complexity index is 969. The third-order valence-corrected chi connectivity index (χ3v) is 4.61. The van der Waals surface area contributed by atoms with Gasteiger partial charge in [-0.25, -0.2) is 9.97 Å². The summed E-state index contributed by atoms with van der Waals surface area (Å²) in [7, 11) is 0. The van der Waals surface area contributed by atoms with Gasteiger partial charge in [0, 0.05) is 11.9 Å². The van der Waals surface area contributed by atoms with Crippen LogP contribution in [0.25, 0.3) is 16.7 Å². The number of benzene rings is 1. The van der Waals surface area contributed by atoms with Crippen LogP contribution in [0.4, 0.5) is 5.69 Å². The quantitative estimate of drug-likeness (QED) is 0.726. The zero-order valence-corrected chi connectivity index (χ0v) is 13.2. The molecule has 1 saturated heterocycles. The van der Waals surface area contributed by atoms with E-state index in [2.05, 4.69) is 21.0 Å². The topological polar surface area (TPSA) is 85.7 Å². The number of hydrogen-bond acceptors (Lipinski definition) is 6. The molecule has 0 unspecified atom stereocenters. The maximum absolute atomic E-state index is 12.0. The standard InChI is InChI=1S/C17H11N5OS/c18-9-12(15-20-13-7-4-8-19-16(13)21-15)17-22(10-14(23)24-17)11-5-2-1-3-6-11/h1-8H,10H2,(H,19,20,21)/b17-12+. The molecule has 0 bridgehead atoms. The van der Waals surface area contributed by atoms with Crippen LogP contribution in [0.15, 0.2) is 53.7 Å². The number of nitrogens with one attached hydrogen (secondary N) is 1. The Balaban J connectivity index is 1.87. The molecule has 7 heteroatoms. The molecule has 0 amide bonds. The van der Waals surface area contributed by atoms with E-state index in [1.807, 2.05) is 41.3 Å². The second-order valence-corrected chi connectivity index (χ2v) is 6.19. The summed E-state index contributed by atoms with van der Waals surface area (Å²) in [5, 5.41) is 10.3. The van der Waals surface area contributed by atoms with Crippen LogP contribution >= 0.6 is 11.8 Å². The van der Waals surface area contributed by atoms with Crippen molar-refractivity contribution < 1.29 is 4.79 Å². The number of pyridine rings is 1. The molecule has 3 heterocycles. The van der Waals surface area contributed by atoms with Crippen molar-refractivity contribution in [3.8, 4) is 6.07 Å². The number of allylic oxidation sites excluding steroid dienone is 1. The van der Waals surface area contributed by atoms with E-state index in [1.165, 1.54) is 0 Å². The number of rotatable bonds is 2. The predicted octanol–water partition coefficient (Wildman–Crippen LogP) is 2.93. The SMILES string of the molecule is N#C/C(=C1\SC(=O)CN1c1ccccc1)c1nc2ncccc2[nH]1. The number of H-pyrrole nitrogens is 1. The first-order chi connectivity index (χ1) is 11.8. The van der Waals surface area contributed by atoms with E-state index in [-0.39, 0.29) is 11.7 Å². The molecular formula is C17H11N5OS. The van der Waals surface area contributed by atoms with Crippen LogP contribution in [-0.2, 0) is 4.79 Å². The first kappa shape index (κ1) is 14.5. The van der Waals surface area contributed by atoms with Gasteiger partial charge in [-0.15, -0.1) is 0 Å². The van der Waals surface area contributed by atoms with Gasteiger partial charge in [-0.1, -0.05) is 18.2 Å². The summed E-state index contributed by atoms with van der Waals surface area (Å²) in [6, 6.07) is 15.4. The number of para-hydroxylation sites is 1. The second-order valence-electron chi connectivity index (χ2n) is 5.15. The van der Waals surface area contributed by atoms with Gasteiger partial charge in [-0.05, 0) is 36.0 Å². The molecule has 1 aromatic carbocycles. The molecule has 1 aliphatic heterocycles. The molecule has 4 rings (SSSR count). The average Bonchev–Trinajstić information content (AvgIpc) is 3.20. The van der Waals surface area contributed by atoms with Gasteiger partial charge < -0.3 is 9.88 Å². The Morgan fingerprint density at radius 3 is 2.83 bits per heavy atom. The summed E-state index contributed by atoms with van der Waals surface area (Å²) >= 11 is 1.07. The van der Waals surface area contributed by atoms with Crippen LogP contribution in [0.2, 0.25) is 0 Å². The summed E-state index contributed by atoms with van der Waals surface area (Å²) in [4.78, 5) is 25.5. The highest BCUT2D eigenvalue weighted by Crippen LogP contribution is 2.38. The van der Waals surface area contributed by atoms with Crippen molar-refractivity contribution >= 4 is 39.3 Å². The van der Waals surface area contributed by atoms with E-state index < -0.39 is 0 Å². The number of carbonyl (C=O) groups excluding carboxylic acids is 1. The lowest BCUT2D eigenvalue weighted by atomic mass is 10.2. The first-order valence-electron chi connectivity index (χ1n) is 7.25. The van der Waals surface area contributed by atoms with Gasteiger partial charge in [0.05, 0.1) is 12.1 Å². The second kappa shape index (κ2) is 5.83. The average molecular weight is 333 g/mol. The molecule has 0 radical (unpaired) electrons. The lowest BCUT2D eigenvalue weighted by molar-refractivity contribution is -0.109. The summed E-state index contributed by atoms with van der Waals surface area (Å²) in [6.07, 6.45) is 1.65. The largest absolute Gasteiger partial charge is 0.336 e. The fourth-order valence-electron chi connectivity index (χ4n) is 2.56. The lowest BCUT2D eigenvalue weighted by Gasteiger charge is -2.18. The fourth-order valence-corrected chi connectivity index (χ4v) is 3.50. The highest BCUT2D eigenvalue weighted by atomic mass is 32.2. The molecular weight excluding hydrogens is 322 g/mol. The minimum Gasteiger partial charge on any atom is -0.336 e. The highest BCUT2D eigenvalue weighted by molar-refractivity contribution is 8.17. The number of fused-ring (bicyclic) bond motifs is 1. The number of carbonyl (C=O) groups is 1. The molecule has 3 aromatic rings. The highest BCUT2D eigenvalue weighted by Gasteiger charge is 2.31. The van der Waals surface area contributed by atoms with Crippen molar-refractivity contribution in [2.24, 2.45) is 0 Å². The molecule has 2 aromatic heterocycles. The van der Waals surface area contributed by atoms with E-state index in [1.54, 1.807) is 12.3 Å². The van der Waals surface area contributed by atoms with E-state index in [0.717, 1.165) is 23.0 Å². The molecule has 0 aliphatic carbocycles. The lowest BCUT2D eigenvalue weighted by Crippen LogP contribution is -2.19. The smallest absolute Gasteiger partial charge is 0.214 e. The molecule has 1 N–H and O–H groups in total. The maximum Gasteiger partial charge on any atom is 0.214 e. The molecule has 0 spiro atoms. The molecule has 1 aliphatic rings.